The van der Waals surface area contributed by atoms with E-state index in [-0.39, 0.29) is 12.1 Å². The Morgan fingerprint density at radius 3 is 2.65 bits per heavy atom. The number of benzene rings is 1. The minimum Gasteiger partial charge on any atom is -0.492 e. The molecule has 0 fully saturated rings. The molecule has 1 rings (SSSR count). The van der Waals surface area contributed by atoms with Gasteiger partial charge in [0, 0.05) is 18.2 Å². The van der Waals surface area contributed by atoms with Crippen LogP contribution < -0.4 is 10.1 Å². The first-order valence-corrected chi connectivity index (χ1v) is 6.18. The maximum absolute atomic E-state index is 5.99. The summed E-state index contributed by atoms with van der Waals surface area (Å²) in [7, 11) is 1.70. The van der Waals surface area contributed by atoms with Crippen LogP contribution in [0.3, 0.4) is 0 Å². The Labute approximate surface area is 108 Å². The zero-order valence-electron chi connectivity index (χ0n) is 10.8. The highest BCUT2D eigenvalue weighted by Gasteiger charge is 2.13. The van der Waals surface area contributed by atoms with E-state index in [4.69, 9.17) is 21.1 Å². The highest BCUT2D eigenvalue weighted by Crippen LogP contribution is 2.29. The fraction of sp³-hybridized carbons (Fsp3) is 0.538. The fourth-order valence-corrected chi connectivity index (χ4v) is 1.64. The number of hydrogen-bond donors (Lipinski definition) is 1. The van der Waals surface area contributed by atoms with Gasteiger partial charge in [-0.1, -0.05) is 11.6 Å². The number of rotatable bonds is 6. The normalized spacial score (nSPS) is 14.2. The van der Waals surface area contributed by atoms with Crippen LogP contribution in [-0.2, 0) is 4.74 Å². The second-order valence-electron chi connectivity index (χ2n) is 3.95. The summed E-state index contributed by atoms with van der Waals surface area (Å²) in [5.41, 5.74) is 0.899. The monoisotopic (exact) mass is 257 g/mol. The summed E-state index contributed by atoms with van der Waals surface area (Å²) in [4.78, 5) is 0. The van der Waals surface area contributed by atoms with Crippen molar-refractivity contribution in [1.82, 2.24) is 0 Å². The van der Waals surface area contributed by atoms with Crippen molar-refractivity contribution in [2.24, 2.45) is 0 Å². The van der Waals surface area contributed by atoms with Crippen LogP contribution in [-0.4, -0.2) is 25.9 Å². The molecule has 0 saturated heterocycles. The largest absolute Gasteiger partial charge is 0.492 e. The van der Waals surface area contributed by atoms with Gasteiger partial charge in [0.15, 0.2) is 0 Å². The SMILES string of the molecule is CCOc1ccc(Cl)cc1NC(C)C(C)OC. The second kappa shape index (κ2) is 6.72. The summed E-state index contributed by atoms with van der Waals surface area (Å²) in [5.74, 6) is 0.812. The molecule has 0 bridgehead atoms. The molecule has 17 heavy (non-hydrogen) atoms. The molecule has 0 amide bonds. The van der Waals surface area contributed by atoms with Gasteiger partial charge in [-0.25, -0.2) is 0 Å². The van der Waals surface area contributed by atoms with Crippen LogP contribution in [0.1, 0.15) is 20.8 Å². The van der Waals surface area contributed by atoms with Crippen molar-refractivity contribution >= 4 is 17.3 Å². The van der Waals surface area contributed by atoms with Gasteiger partial charge in [-0.3, -0.25) is 0 Å². The van der Waals surface area contributed by atoms with Crippen molar-refractivity contribution in [1.29, 1.82) is 0 Å². The molecule has 0 aliphatic carbocycles. The summed E-state index contributed by atoms with van der Waals surface area (Å²) in [6, 6.07) is 5.74. The first-order valence-electron chi connectivity index (χ1n) is 5.80. The fourth-order valence-electron chi connectivity index (χ4n) is 1.46. The van der Waals surface area contributed by atoms with Crippen molar-refractivity contribution in [3.8, 4) is 5.75 Å². The maximum atomic E-state index is 5.99. The number of ether oxygens (including phenoxy) is 2. The van der Waals surface area contributed by atoms with Crippen LogP contribution in [0.5, 0.6) is 5.75 Å². The van der Waals surface area contributed by atoms with Crippen LogP contribution in [0.15, 0.2) is 18.2 Å². The molecular formula is C13H20ClNO2. The van der Waals surface area contributed by atoms with E-state index in [1.54, 1.807) is 7.11 Å². The van der Waals surface area contributed by atoms with Crippen LogP contribution in [0, 0.1) is 0 Å². The Morgan fingerprint density at radius 2 is 2.06 bits per heavy atom. The molecule has 2 atom stereocenters. The van der Waals surface area contributed by atoms with Crippen molar-refractivity contribution < 1.29 is 9.47 Å². The van der Waals surface area contributed by atoms with Gasteiger partial charge in [-0.05, 0) is 39.0 Å². The first-order chi connectivity index (χ1) is 8.08. The van der Waals surface area contributed by atoms with Crippen molar-refractivity contribution in [3.05, 3.63) is 23.2 Å². The number of nitrogens with one attached hydrogen (secondary N) is 1. The molecule has 2 unspecified atom stereocenters. The van der Waals surface area contributed by atoms with Crippen LogP contribution in [0.25, 0.3) is 0 Å². The smallest absolute Gasteiger partial charge is 0.142 e. The van der Waals surface area contributed by atoms with E-state index in [1.807, 2.05) is 32.0 Å². The quantitative estimate of drug-likeness (QED) is 0.845. The maximum Gasteiger partial charge on any atom is 0.142 e. The number of halogens is 1. The second-order valence-corrected chi connectivity index (χ2v) is 4.38. The molecule has 0 radical (unpaired) electrons. The number of anilines is 1. The minimum absolute atomic E-state index is 0.114. The first kappa shape index (κ1) is 14.1. The van der Waals surface area contributed by atoms with E-state index in [9.17, 15) is 0 Å². The standard InChI is InChI=1S/C13H20ClNO2/c1-5-17-13-7-6-11(14)8-12(13)15-9(2)10(3)16-4/h6-10,15H,5H2,1-4H3. The minimum atomic E-state index is 0.114. The molecule has 0 saturated carbocycles. The zero-order valence-corrected chi connectivity index (χ0v) is 11.5. The van der Waals surface area contributed by atoms with Gasteiger partial charge in [0.1, 0.15) is 5.75 Å². The highest BCUT2D eigenvalue weighted by molar-refractivity contribution is 6.30. The molecule has 0 heterocycles. The lowest BCUT2D eigenvalue weighted by Gasteiger charge is -2.22. The summed E-state index contributed by atoms with van der Waals surface area (Å²) in [6.45, 7) is 6.66. The van der Waals surface area contributed by atoms with E-state index in [0.717, 1.165) is 11.4 Å². The molecule has 1 N–H and O–H groups in total. The highest BCUT2D eigenvalue weighted by atomic mass is 35.5. The molecule has 1 aromatic carbocycles. The van der Waals surface area contributed by atoms with Gasteiger partial charge < -0.3 is 14.8 Å². The Hall–Kier alpha value is -0.930. The van der Waals surface area contributed by atoms with E-state index >= 15 is 0 Å². The lowest BCUT2D eigenvalue weighted by molar-refractivity contribution is 0.106. The third-order valence-corrected chi connectivity index (χ3v) is 2.94. The van der Waals surface area contributed by atoms with E-state index in [2.05, 4.69) is 12.2 Å². The van der Waals surface area contributed by atoms with Crippen molar-refractivity contribution in [2.75, 3.05) is 19.0 Å². The van der Waals surface area contributed by atoms with Crippen molar-refractivity contribution in [2.45, 2.75) is 32.9 Å². The lowest BCUT2D eigenvalue weighted by atomic mass is 10.2. The Kier molecular flexibility index (Phi) is 5.59. The van der Waals surface area contributed by atoms with E-state index in [1.165, 1.54) is 0 Å². The summed E-state index contributed by atoms with van der Waals surface area (Å²) >= 11 is 5.99. The Bertz CT molecular complexity index is 357. The van der Waals surface area contributed by atoms with Gasteiger partial charge >= 0.3 is 0 Å². The molecule has 1 aromatic rings. The lowest BCUT2D eigenvalue weighted by Crippen LogP contribution is -2.29. The average molecular weight is 258 g/mol. The molecule has 0 aliphatic rings. The van der Waals surface area contributed by atoms with Gasteiger partial charge in [-0.15, -0.1) is 0 Å². The molecular weight excluding hydrogens is 238 g/mol. The molecule has 0 spiro atoms. The van der Waals surface area contributed by atoms with Crippen molar-refractivity contribution in [3.63, 3.8) is 0 Å². The third kappa shape index (κ3) is 4.10. The molecule has 0 aliphatic heterocycles. The van der Waals surface area contributed by atoms with Gasteiger partial charge in [0.05, 0.1) is 18.4 Å². The van der Waals surface area contributed by atoms with Gasteiger partial charge in [0.25, 0.3) is 0 Å². The van der Waals surface area contributed by atoms with E-state index < -0.39 is 0 Å². The predicted octanol–water partition coefficient (Wildman–Crippen LogP) is 3.57. The molecule has 96 valence electrons. The van der Waals surface area contributed by atoms with Gasteiger partial charge in [0.2, 0.25) is 0 Å². The average Bonchev–Trinajstić information content (AvgIpc) is 2.31. The predicted molar refractivity (Wildman–Crippen MR) is 72.2 cm³/mol. The molecule has 3 nitrogen and oxygen atoms in total. The zero-order chi connectivity index (χ0) is 12.8. The third-order valence-electron chi connectivity index (χ3n) is 2.70. The molecule has 4 heteroatoms. The summed E-state index contributed by atoms with van der Waals surface area (Å²) in [6.07, 6.45) is 0.114. The van der Waals surface area contributed by atoms with Gasteiger partial charge in [-0.2, -0.15) is 0 Å². The summed E-state index contributed by atoms with van der Waals surface area (Å²) in [5, 5.41) is 4.04. The van der Waals surface area contributed by atoms with Crippen LogP contribution >= 0.6 is 11.6 Å². The topological polar surface area (TPSA) is 30.5 Å². The van der Waals surface area contributed by atoms with Crippen LogP contribution in [0.2, 0.25) is 5.02 Å². The Balaban J connectivity index is 2.83. The number of methoxy groups -OCH3 is 1. The van der Waals surface area contributed by atoms with E-state index in [0.29, 0.717) is 11.6 Å². The van der Waals surface area contributed by atoms with Crippen LogP contribution in [0.4, 0.5) is 5.69 Å². The molecule has 0 aromatic heterocycles. The Morgan fingerprint density at radius 1 is 1.35 bits per heavy atom. The summed E-state index contributed by atoms with van der Waals surface area (Å²) < 4.78 is 10.8. The number of hydrogen-bond acceptors (Lipinski definition) is 3.